The van der Waals surface area contributed by atoms with Gasteiger partial charge in [-0.05, 0) is 35.4 Å². The van der Waals surface area contributed by atoms with Gasteiger partial charge in [0, 0.05) is 13.0 Å². The summed E-state index contributed by atoms with van der Waals surface area (Å²) in [5, 5.41) is 5.50. The summed E-state index contributed by atoms with van der Waals surface area (Å²) < 4.78 is 2.03. The van der Waals surface area contributed by atoms with Crippen molar-refractivity contribution in [3.63, 3.8) is 0 Å². The summed E-state index contributed by atoms with van der Waals surface area (Å²) in [5.41, 5.74) is 3.16. The number of nitrogens with zero attached hydrogens (tertiary/aromatic N) is 2. The fraction of sp³-hybridized carbons (Fsp3) is 0.182. The number of amides is 1. The number of fused-ring (bicyclic) bond motifs is 2. The van der Waals surface area contributed by atoms with Crippen LogP contribution in [0.2, 0.25) is 0 Å². The molecular weight excluding hydrogens is 322 g/mol. The Morgan fingerprint density at radius 2 is 1.81 bits per heavy atom. The van der Waals surface area contributed by atoms with Crippen molar-refractivity contribution in [3.8, 4) is 0 Å². The van der Waals surface area contributed by atoms with Crippen molar-refractivity contribution in [3.05, 3.63) is 78.6 Å². The smallest absolute Gasteiger partial charge is 0.222 e. The predicted molar refractivity (Wildman–Crippen MR) is 105 cm³/mol. The molecule has 0 bridgehead atoms. The molecule has 130 valence electrons. The van der Waals surface area contributed by atoms with E-state index in [0.29, 0.717) is 13.0 Å². The Morgan fingerprint density at radius 3 is 2.73 bits per heavy atom. The fourth-order valence-corrected chi connectivity index (χ4v) is 3.43. The number of benzene rings is 3. The molecule has 3 aromatic carbocycles. The van der Waals surface area contributed by atoms with E-state index in [2.05, 4.69) is 34.6 Å². The quantitative estimate of drug-likeness (QED) is 0.582. The molecule has 1 N–H and O–H groups in total. The minimum Gasteiger partial charge on any atom is -0.350 e. The van der Waals surface area contributed by atoms with Gasteiger partial charge >= 0.3 is 0 Å². The number of rotatable bonds is 5. The van der Waals surface area contributed by atoms with E-state index in [0.717, 1.165) is 16.6 Å². The van der Waals surface area contributed by atoms with Crippen LogP contribution in [0, 0.1) is 0 Å². The Morgan fingerprint density at radius 1 is 1.04 bits per heavy atom. The number of hydrogen-bond acceptors (Lipinski definition) is 2. The first kappa shape index (κ1) is 16.3. The first-order valence-corrected chi connectivity index (χ1v) is 8.89. The summed E-state index contributed by atoms with van der Waals surface area (Å²) in [6.45, 7) is 2.65. The van der Waals surface area contributed by atoms with Gasteiger partial charge in [0.1, 0.15) is 0 Å². The van der Waals surface area contributed by atoms with Crippen LogP contribution in [0.5, 0.6) is 0 Å². The van der Waals surface area contributed by atoms with Crippen molar-refractivity contribution in [2.24, 2.45) is 0 Å². The number of carbonyl (C=O) groups is 1. The lowest BCUT2D eigenvalue weighted by molar-refractivity contribution is -0.121. The first-order valence-electron chi connectivity index (χ1n) is 8.89. The Balaban J connectivity index is 1.44. The Labute approximate surface area is 152 Å². The van der Waals surface area contributed by atoms with Crippen LogP contribution in [0.4, 0.5) is 0 Å². The van der Waals surface area contributed by atoms with Crippen molar-refractivity contribution in [2.75, 3.05) is 0 Å². The predicted octanol–water partition coefficient (Wildman–Crippen LogP) is 4.46. The van der Waals surface area contributed by atoms with Gasteiger partial charge in [-0.15, -0.1) is 0 Å². The summed E-state index contributed by atoms with van der Waals surface area (Å²) in [5.74, 6) is 0.0446. The summed E-state index contributed by atoms with van der Waals surface area (Å²) >= 11 is 0. The van der Waals surface area contributed by atoms with Gasteiger partial charge in [0.25, 0.3) is 0 Å². The third kappa shape index (κ3) is 3.18. The highest BCUT2D eigenvalue weighted by Gasteiger charge is 2.12. The Bertz CT molecular complexity index is 1060. The molecule has 4 nitrogen and oxygen atoms in total. The second kappa shape index (κ2) is 7.00. The third-order valence-corrected chi connectivity index (χ3v) is 4.77. The zero-order valence-corrected chi connectivity index (χ0v) is 14.7. The van der Waals surface area contributed by atoms with Gasteiger partial charge in [0.15, 0.2) is 0 Å². The van der Waals surface area contributed by atoms with Gasteiger partial charge in [-0.2, -0.15) is 0 Å². The van der Waals surface area contributed by atoms with Crippen LogP contribution in [0.1, 0.15) is 24.9 Å². The van der Waals surface area contributed by atoms with E-state index < -0.39 is 0 Å². The van der Waals surface area contributed by atoms with Crippen LogP contribution in [-0.4, -0.2) is 15.5 Å². The molecule has 1 unspecified atom stereocenters. The molecule has 26 heavy (non-hydrogen) atoms. The van der Waals surface area contributed by atoms with Crippen molar-refractivity contribution in [2.45, 2.75) is 25.9 Å². The second-order valence-electron chi connectivity index (χ2n) is 6.53. The molecule has 1 amide bonds. The molecule has 0 fully saturated rings. The van der Waals surface area contributed by atoms with E-state index in [1.165, 1.54) is 10.8 Å². The maximum Gasteiger partial charge on any atom is 0.222 e. The maximum atomic E-state index is 12.4. The molecule has 0 saturated heterocycles. The van der Waals surface area contributed by atoms with Gasteiger partial charge in [0.05, 0.1) is 23.4 Å². The van der Waals surface area contributed by atoms with Crippen LogP contribution in [0.25, 0.3) is 21.8 Å². The Kier molecular flexibility index (Phi) is 4.40. The van der Waals surface area contributed by atoms with Gasteiger partial charge in [-0.1, -0.05) is 54.6 Å². The molecule has 4 aromatic rings. The van der Waals surface area contributed by atoms with Gasteiger partial charge < -0.3 is 9.88 Å². The molecule has 0 spiro atoms. The molecule has 0 aliphatic rings. The monoisotopic (exact) mass is 343 g/mol. The van der Waals surface area contributed by atoms with Gasteiger partial charge in [0.2, 0.25) is 5.91 Å². The lowest BCUT2D eigenvalue weighted by Crippen LogP contribution is -2.27. The molecular formula is C22H21N3O. The van der Waals surface area contributed by atoms with E-state index in [9.17, 15) is 4.79 Å². The van der Waals surface area contributed by atoms with Crippen molar-refractivity contribution in [1.29, 1.82) is 0 Å². The SMILES string of the molecule is CC(NC(=O)CCn1cnc2ccccc21)c1cccc2ccccc12. The van der Waals surface area contributed by atoms with E-state index in [1.807, 2.05) is 54.0 Å². The summed E-state index contributed by atoms with van der Waals surface area (Å²) in [4.78, 5) is 16.8. The molecule has 1 atom stereocenters. The van der Waals surface area contributed by atoms with E-state index >= 15 is 0 Å². The van der Waals surface area contributed by atoms with Crippen molar-refractivity contribution >= 4 is 27.7 Å². The minimum atomic E-state index is -0.0341. The number of nitrogens with one attached hydrogen (secondary N) is 1. The van der Waals surface area contributed by atoms with E-state index in [-0.39, 0.29) is 11.9 Å². The van der Waals surface area contributed by atoms with Crippen LogP contribution < -0.4 is 5.32 Å². The molecule has 0 saturated carbocycles. The first-order chi connectivity index (χ1) is 12.7. The highest BCUT2D eigenvalue weighted by molar-refractivity contribution is 5.87. The van der Waals surface area contributed by atoms with E-state index in [4.69, 9.17) is 0 Å². The van der Waals surface area contributed by atoms with E-state index in [1.54, 1.807) is 6.33 Å². The highest BCUT2D eigenvalue weighted by Crippen LogP contribution is 2.24. The largest absolute Gasteiger partial charge is 0.350 e. The van der Waals surface area contributed by atoms with Crippen LogP contribution in [0.15, 0.2) is 73.1 Å². The number of imidazole rings is 1. The summed E-state index contributed by atoms with van der Waals surface area (Å²) in [7, 11) is 0. The molecule has 0 aliphatic carbocycles. The molecule has 0 aliphatic heterocycles. The molecule has 4 rings (SSSR count). The average Bonchev–Trinajstić information content (AvgIpc) is 3.09. The number of para-hydroxylation sites is 2. The van der Waals surface area contributed by atoms with Crippen LogP contribution in [-0.2, 0) is 11.3 Å². The molecule has 4 heteroatoms. The lowest BCUT2D eigenvalue weighted by Gasteiger charge is -2.17. The molecule has 1 heterocycles. The van der Waals surface area contributed by atoms with Crippen LogP contribution in [0.3, 0.4) is 0 Å². The number of aryl methyl sites for hydroxylation is 1. The lowest BCUT2D eigenvalue weighted by atomic mass is 9.99. The summed E-state index contributed by atoms with van der Waals surface area (Å²) in [6.07, 6.45) is 2.22. The molecule has 0 radical (unpaired) electrons. The van der Waals surface area contributed by atoms with Gasteiger partial charge in [-0.3, -0.25) is 4.79 Å². The zero-order chi connectivity index (χ0) is 17.9. The van der Waals surface area contributed by atoms with Crippen molar-refractivity contribution < 1.29 is 4.79 Å². The number of aromatic nitrogens is 2. The zero-order valence-electron chi connectivity index (χ0n) is 14.7. The van der Waals surface area contributed by atoms with Gasteiger partial charge in [-0.25, -0.2) is 4.98 Å². The highest BCUT2D eigenvalue weighted by atomic mass is 16.1. The van der Waals surface area contributed by atoms with Crippen molar-refractivity contribution in [1.82, 2.24) is 14.9 Å². The molecule has 1 aromatic heterocycles. The maximum absolute atomic E-state index is 12.4. The minimum absolute atomic E-state index is 0.0341. The van der Waals surface area contributed by atoms with Crippen LogP contribution >= 0.6 is 0 Å². The standard InChI is InChI=1S/C22H21N3O/c1-16(18-10-6-8-17-7-2-3-9-19(17)18)24-22(26)13-14-25-15-23-20-11-4-5-12-21(20)25/h2-12,15-16H,13-14H2,1H3,(H,24,26). The normalized spacial score (nSPS) is 12.3. The fourth-order valence-electron chi connectivity index (χ4n) is 3.43. The Hall–Kier alpha value is -3.14. The average molecular weight is 343 g/mol. The number of carbonyl (C=O) groups excluding carboxylic acids is 1. The summed E-state index contributed by atoms with van der Waals surface area (Å²) in [6, 6.07) is 22.4. The second-order valence-corrected chi connectivity index (χ2v) is 6.53. The topological polar surface area (TPSA) is 46.9 Å². The third-order valence-electron chi connectivity index (χ3n) is 4.77. The number of hydrogen-bond donors (Lipinski definition) is 1.